The lowest BCUT2D eigenvalue weighted by Crippen LogP contribution is -2.30. The third-order valence-corrected chi connectivity index (χ3v) is 3.92. The zero-order valence-electron chi connectivity index (χ0n) is 15.2. The van der Waals surface area contributed by atoms with Crippen LogP contribution in [-0.2, 0) is 13.0 Å². The molecule has 0 radical (unpaired) electrons. The highest BCUT2D eigenvalue weighted by atomic mass is 16.2. The number of nitrogens with one attached hydrogen (secondary N) is 1. The first-order valence-corrected chi connectivity index (χ1v) is 8.64. The first kappa shape index (κ1) is 18.7. The van der Waals surface area contributed by atoms with Crippen LogP contribution >= 0.6 is 0 Å². The maximum Gasteiger partial charge on any atom is 0.271 e. The molecule has 0 bridgehead atoms. The number of nitrogens with zero attached hydrogens (tertiary/aromatic N) is 3. The molecule has 1 aromatic carbocycles. The van der Waals surface area contributed by atoms with Gasteiger partial charge in [0.15, 0.2) is 0 Å². The van der Waals surface area contributed by atoms with Gasteiger partial charge in [-0.15, -0.1) is 0 Å². The summed E-state index contributed by atoms with van der Waals surface area (Å²) in [6.07, 6.45) is 2.54. The van der Waals surface area contributed by atoms with Crippen LogP contribution in [0.3, 0.4) is 0 Å². The van der Waals surface area contributed by atoms with Crippen molar-refractivity contribution in [3.63, 3.8) is 0 Å². The summed E-state index contributed by atoms with van der Waals surface area (Å²) in [5, 5.41) is 6.98. The van der Waals surface area contributed by atoms with E-state index in [-0.39, 0.29) is 17.2 Å². The summed E-state index contributed by atoms with van der Waals surface area (Å²) in [6, 6.07) is 11.3. The van der Waals surface area contributed by atoms with Gasteiger partial charge in [-0.1, -0.05) is 19.1 Å². The molecule has 0 aliphatic heterocycles. The molecule has 1 amide bonds. The Hall–Kier alpha value is -2.63. The number of hydrogen-bond acceptors (Lipinski definition) is 4. The summed E-state index contributed by atoms with van der Waals surface area (Å²) in [7, 11) is 4.03. The van der Waals surface area contributed by atoms with Gasteiger partial charge in [-0.2, -0.15) is 5.10 Å². The van der Waals surface area contributed by atoms with E-state index >= 15 is 0 Å². The van der Waals surface area contributed by atoms with Gasteiger partial charge in [0.1, 0.15) is 5.69 Å². The molecule has 0 saturated heterocycles. The lowest BCUT2D eigenvalue weighted by Gasteiger charge is -2.12. The number of aryl methyl sites for hydroxylation is 2. The lowest BCUT2D eigenvalue weighted by atomic mass is 10.1. The van der Waals surface area contributed by atoms with Gasteiger partial charge in [0.25, 0.3) is 11.5 Å². The van der Waals surface area contributed by atoms with Gasteiger partial charge in [-0.25, -0.2) is 4.68 Å². The lowest BCUT2D eigenvalue weighted by molar-refractivity contribution is 0.0945. The van der Waals surface area contributed by atoms with Crippen molar-refractivity contribution in [2.75, 3.05) is 25.5 Å². The molecule has 0 fully saturated rings. The number of hydrogen-bond donors (Lipinski definition) is 1. The maximum absolute atomic E-state index is 12.1. The monoisotopic (exact) mass is 342 g/mol. The first-order chi connectivity index (χ1) is 12.0. The summed E-state index contributed by atoms with van der Waals surface area (Å²) in [4.78, 5) is 25.8. The van der Waals surface area contributed by atoms with Crippen molar-refractivity contribution in [1.82, 2.24) is 15.1 Å². The fraction of sp³-hybridized carbons (Fsp3) is 0.421. The minimum atomic E-state index is -0.243. The van der Waals surface area contributed by atoms with Crippen molar-refractivity contribution in [3.8, 4) is 0 Å². The predicted molar refractivity (Wildman–Crippen MR) is 100 cm³/mol. The van der Waals surface area contributed by atoms with Crippen molar-refractivity contribution in [2.24, 2.45) is 0 Å². The van der Waals surface area contributed by atoms with Gasteiger partial charge < -0.3 is 10.2 Å². The Morgan fingerprint density at radius 1 is 1.16 bits per heavy atom. The molecule has 0 saturated carbocycles. The molecular weight excluding hydrogens is 316 g/mol. The van der Waals surface area contributed by atoms with Crippen molar-refractivity contribution in [3.05, 3.63) is 58.0 Å². The van der Waals surface area contributed by atoms with Crippen molar-refractivity contribution < 1.29 is 4.79 Å². The molecule has 2 aromatic rings. The maximum atomic E-state index is 12.1. The number of carbonyl (C=O) groups is 1. The molecule has 0 atom stereocenters. The number of aromatic nitrogens is 2. The van der Waals surface area contributed by atoms with Crippen LogP contribution in [0, 0.1) is 0 Å². The number of benzene rings is 1. The van der Waals surface area contributed by atoms with Crippen LogP contribution in [0.5, 0.6) is 0 Å². The number of anilines is 1. The Balaban J connectivity index is 1.82. The normalized spacial score (nSPS) is 10.5. The Morgan fingerprint density at radius 3 is 2.52 bits per heavy atom. The van der Waals surface area contributed by atoms with Crippen molar-refractivity contribution in [1.29, 1.82) is 0 Å². The quantitative estimate of drug-likeness (QED) is 0.746. The molecule has 1 aromatic heterocycles. The zero-order chi connectivity index (χ0) is 18.2. The molecule has 6 nitrogen and oxygen atoms in total. The molecule has 6 heteroatoms. The predicted octanol–water partition coefficient (Wildman–Crippen LogP) is 2.08. The van der Waals surface area contributed by atoms with Crippen LogP contribution in [0.4, 0.5) is 5.69 Å². The largest absolute Gasteiger partial charge is 0.378 e. The van der Waals surface area contributed by atoms with E-state index in [0.717, 1.165) is 19.3 Å². The fourth-order valence-electron chi connectivity index (χ4n) is 2.49. The highest BCUT2D eigenvalue weighted by Crippen LogP contribution is 2.13. The summed E-state index contributed by atoms with van der Waals surface area (Å²) in [5.74, 6) is -0.243. The summed E-state index contributed by atoms with van der Waals surface area (Å²) in [6.45, 7) is 3.05. The van der Waals surface area contributed by atoms with E-state index in [0.29, 0.717) is 13.1 Å². The third kappa shape index (κ3) is 5.45. The second kappa shape index (κ2) is 9.01. The molecule has 1 heterocycles. The van der Waals surface area contributed by atoms with Gasteiger partial charge in [0.05, 0.1) is 0 Å². The van der Waals surface area contributed by atoms with E-state index in [1.54, 1.807) is 0 Å². The Bertz CT molecular complexity index is 751. The third-order valence-electron chi connectivity index (χ3n) is 3.92. The SMILES string of the molecule is CCCn1nc(C(=O)NCCCc2ccc(N(C)C)cc2)ccc1=O. The average Bonchev–Trinajstić information content (AvgIpc) is 2.61. The molecule has 25 heavy (non-hydrogen) atoms. The first-order valence-electron chi connectivity index (χ1n) is 8.64. The van der Waals surface area contributed by atoms with Crippen molar-refractivity contribution >= 4 is 11.6 Å². The second-order valence-electron chi connectivity index (χ2n) is 6.20. The van der Waals surface area contributed by atoms with E-state index in [2.05, 4.69) is 39.6 Å². The van der Waals surface area contributed by atoms with Crippen molar-refractivity contribution in [2.45, 2.75) is 32.7 Å². The van der Waals surface area contributed by atoms with Crippen LogP contribution in [0.25, 0.3) is 0 Å². The molecule has 0 aliphatic rings. The number of amides is 1. The molecule has 1 N–H and O–H groups in total. The summed E-state index contributed by atoms with van der Waals surface area (Å²) < 4.78 is 1.33. The Labute approximate surface area is 148 Å². The van der Waals surface area contributed by atoms with E-state index in [1.807, 2.05) is 21.0 Å². The van der Waals surface area contributed by atoms with E-state index in [4.69, 9.17) is 0 Å². The summed E-state index contributed by atoms with van der Waals surface area (Å²) in [5.41, 5.74) is 2.52. The zero-order valence-corrected chi connectivity index (χ0v) is 15.2. The molecule has 134 valence electrons. The van der Waals surface area contributed by atoms with Gasteiger partial charge in [-0.05, 0) is 43.0 Å². The number of carbonyl (C=O) groups excluding carboxylic acids is 1. The smallest absolute Gasteiger partial charge is 0.271 e. The van der Waals surface area contributed by atoms with Crippen LogP contribution in [0.15, 0.2) is 41.2 Å². The Morgan fingerprint density at radius 2 is 1.88 bits per heavy atom. The van der Waals surface area contributed by atoms with Crippen LogP contribution < -0.4 is 15.8 Å². The molecule has 0 aliphatic carbocycles. The number of rotatable bonds is 8. The van der Waals surface area contributed by atoms with Gasteiger partial charge in [0.2, 0.25) is 0 Å². The molecular formula is C19H26N4O2. The molecule has 0 spiro atoms. The minimum absolute atomic E-state index is 0.181. The topological polar surface area (TPSA) is 67.2 Å². The van der Waals surface area contributed by atoms with Crippen LogP contribution in [0.2, 0.25) is 0 Å². The van der Waals surface area contributed by atoms with Gasteiger partial charge in [-0.3, -0.25) is 9.59 Å². The second-order valence-corrected chi connectivity index (χ2v) is 6.20. The molecule has 0 unspecified atom stereocenters. The highest BCUT2D eigenvalue weighted by molar-refractivity contribution is 5.91. The summed E-state index contributed by atoms with van der Waals surface area (Å²) >= 11 is 0. The van der Waals surface area contributed by atoms with Gasteiger partial charge in [0, 0.05) is 38.9 Å². The van der Waals surface area contributed by atoms with E-state index in [9.17, 15) is 9.59 Å². The standard InChI is InChI=1S/C19H26N4O2/c1-4-14-23-18(24)12-11-17(21-23)19(25)20-13-5-6-15-7-9-16(10-8-15)22(2)3/h7-12H,4-6,13-14H2,1-3H3,(H,20,25). The highest BCUT2D eigenvalue weighted by Gasteiger charge is 2.08. The minimum Gasteiger partial charge on any atom is -0.378 e. The van der Waals surface area contributed by atoms with E-state index < -0.39 is 0 Å². The van der Waals surface area contributed by atoms with E-state index in [1.165, 1.54) is 28.1 Å². The van der Waals surface area contributed by atoms with Crippen LogP contribution in [0.1, 0.15) is 35.8 Å². The van der Waals surface area contributed by atoms with Crippen LogP contribution in [-0.4, -0.2) is 36.3 Å². The average molecular weight is 342 g/mol. The van der Waals surface area contributed by atoms with Gasteiger partial charge >= 0.3 is 0 Å². The fourth-order valence-corrected chi connectivity index (χ4v) is 2.49. The Kier molecular flexibility index (Phi) is 6.74. The molecule has 2 rings (SSSR count).